The van der Waals surface area contributed by atoms with Crippen molar-refractivity contribution in [2.75, 3.05) is 13.2 Å². The summed E-state index contributed by atoms with van der Waals surface area (Å²) in [6, 6.07) is 6.94. The Hall–Kier alpha value is -1.50. The van der Waals surface area contributed by atoms with Crippen molar-refractivity contribution in [1.29, 1.82) is 0 Å². The van der Waals surface area contributed by atoms with Crippen LogP contribution in [0.5, 0.6) is 0 Å². The molecule has 1 aromatic carbocycles. The second kappa shape index (κ2) is 16.2. The van der Waals surface area contributed by atoms with E-state index in [-0.39, 0.29) is 28.3 Å². The lowest BCUT2D eigenvalue weighted by Gasteiger charge is -2.39. The fourth-order valence-electron chi connectivity index (χ4n) is 5.97. The zero-order valence-electron chi connectivity index (χ0n) is 27.7. The molecule has 0 saturated carbocycles. The van der Waals surface area contributed by atoms with Crippen LogP contribution in [-0.4, -0.2) is 45.4 Å². The van der Waals surface area contributed by atoms with Gasteiger partial charge in [-0.3, -0.25) is 4.85 Å². The third kappa shape index (κ3) is 10.8. The number of nitrogens with zero attached hydrogens (tertiary/aromatic N) is 1. The molecule has 0 spiro atoms. The van der Waals surface area contributed by atoms with Crippen LogP contribution in [0, 0.1) is 24.3 Å². The van der Waals surface area contributed by atoms with E-state index in [0.717, 1.165) is 69.8 Å². The molecule has 7 nitrogen and oxygen atoms in total. The van der Waals surface area contributed by atoms with Gasteiger partial charge in [0.25, 0.3) is 9.84 Å². The van der Waals surface area contributed by atoms with Crippen LogP contribution in [-0.2, 0) is 28.8 Å². The molecule has 2 heterocycles. The van der Waals surface area contributed by atoms with Crippen LogP contribution in [0.3, 0.4) is 0 Å². The maximum absolute atomic E-state index is 14.0. The Kier molecular flexibility index (Phi) is 13.5. The van der Waals surface area contributed by atoms with Gasteiger partial charge in [-0.25, -0.2) is 15.0 Å². The molecule has 2 aliphatic rings. The summed E-state index contributed by atoms with van der Waals surface area (Å²) in [5.41, 5.74) is 0.815. The van der Waals surface area contributed by atoms with E-state index in [1.165, 1.54) is 0 Å². The van der Waals surface area contributed by atoms with Crippen LogP contribution < -0.4 is 0 Å². The van der Waals surface area contributed by atoms with Crippen LogP contribution in [0.15, 0.2) is 29.2 Å². The lowest BCUT2D eigenvalue weighted by atomic mass is 9.85. The first-order chi connectivity index (χ1) is 20.3. The summed E-state index contributed by atoms with van der Waals surface area (Å²) in [6.07, 6.45) is 10.3. The molecule has 0 N–H and O–H groups in total. The first-order valence-electron chi connectivity index (χ1n) is 16.5. The fourth-order valence-corrected chi connectivity index (χ4v) is 7.85. The molecule has 0 amide bonds. The third-order valence-electron chi connectivity index (χ3n) is 8.88. The molecule has 244 valence electrons. The van der Waals surface area contributed by atoms with Crippen molar-refractivity contribution in [2.24, 2.45) is 10.8 Å². The van der Waals surface area contributed by atoms with Crippen molar-refractivity contribution in [3.63, 3.8) is 0 Å². The number of aryl methyl sites for hydroxylation is 1. The van der Waals surface area contributed by atoms with Gasteiger partial charge in [0.1, 0.15) is 0 Å². The van der Waals surface area contributed by atoms with Crippen molar-refractivity contribution in [2.45, 2.75) is 160 Å². The van der Waals surface area contributed by atoms with E-state index in [4.69, 9.17) is 25.5 Å². The number of hydrogen-bond acceptors (Lipinski definition) is 6. The Balaban J connectivity index is 1.71. The largest absolute Gasteiger partial charge is 0.353 e. The summed E-state index contributed by atoms with van der Waals surface area (Å²) in [5.74, 6) is 0. The van der Waals surface area contributed by atoms with Gasteiger partial charge < -0.3 is 18.9 Å². The average Bonchev–Trinajstić information content (AvgIpc) is 2.97. The first-order valence-corrected chi connectivity index (χ1v) is 18.0. The molecule has 43 heavy (non-hydrogen) atoms. The molecule has 2 aliphatic heterocycles. The van der Waals surface area contributed by atoms with E-state index in [0.29, 0.717) is 38.9 Å². The van der Waals surface area contributed by atoms with Gasteiger partial charge in [-0.1, -0.05) is 65.2 Å². The van der Waals surface area contributed by atoms with E-state index >= 15 is 0 Å². The summed E-state index contributed by atoms with van der Waals surface area (Å²) in [7, 11) is -3.85. The minimum absolute atomic E-state index is 0.175. The Labute approximate surface area is 262 Å². The quantitative estimate of drug-likeness (QED) is 0.104. The lowest BCUT2D eigenvalue weighted by molar-refractivity contribution is -0.332. The zero-order chi connectivity index (χ0) is 31.6. The minimum Gasteiger partial charge on any atom is -0.353 e. The maximum atomic E-state index is 14.0. The maximum Gasteiger partial charge on any atom is 0.333 e. The molecule has 0 bridgehead atoms. The van der Waals surface area contributed by atoms with Crippen LogP contribution in [0.4, 0.5) is 0 Å². The van der Waals surface area contributed by atoms with Crippen molar-refractivity contribution in [1.82, 2.24) is 0 Å². The van der Waals surface area contributed by atoms with Crippen molar-refractivity contribution in [3.8, 4) is 0 Å². The van der Waals surface area contributed by atoms with Gasteiger partial charge in [-0.2, -0.15) is 0 Å². The molecule has 8 heteroatoms. The summed E-state index contributed by atoms with van der Waals surface area (Å²) in [5, 5.41) is 0. The Morgan fingerprint density at radius 2 is 1.30 bits per heavy atom. The monoisotopic (exact) mass is 619 g/mol. The number of hydrogen-bond donors (Lipinski definition) is 0. The minimum atomic E-state index is -3.85. The molecule has 1 aromatic rings. The number of benzene rings is 1. The van der Waals surface area contributed by atoms with Crippen LogP contribution in [0.2, 0.25) is 0 Å². The van der Waals surface area contributed by atoms with Gasteiger partial charge in [-0.05, 0) is 88.7 Å². The molecular formula is C35H57NO6S. The highest BCUT2D eigenvalue weighted by atomic mass is 32.2. The normalized spacial score (nSPS) is 22.4. The number of ether oxygens (including phenoxy) is 4. The van der Waals surface area contributed by atoms with Crippen molar-refractivity contribution >= 4 is 9.84 Å². The van der Waals surface area contributed by atoms with E-state index < -0.39 is 21.0 Å². The molecule has 0 aromatic heterocycles. The van der Waals surface area contributed by atoms with E-state index in [9.17, 15) is 8.42 Å². The Morgan fingerprint density at radius 1 is 0.814 bits per heavy atom. The number of unbranched alkanes of at least 4 members (excludes halogenated alkanes) is 2. The summed E-state index contributed by atoms with van der Waals surface area (Å²) in [6.45, 7) is 22.4. The van der Waals surface area contributed by atoms with Gasteiger partial charge in [-0.15, -0.1) is 0 Å². The molecule has 2 saturated heterocycles. The Bertz CT molecular complexity index is 1090. The highest BCUT2D eigenvalue weighted by Crippen LogP contribution is 2.40. The summed E-state index contributed by atoms with van der Waals surface area (Å²) >= 11 is 0. The predicted molar refractivity (Wildman–Crippen MR) is 171 cm³/mol. The van der Waals surface area contributed by atoms with Crippen LogP contribution >= 0.6 is 0 Å². The highest BCUT2D eigenvalue weighted by molar-refractivity contribution is 7.93. The van der Waals surface area contributed by atoms with Gasteiger partial charge >= 0.3 is 4.87 Å². The Morgan fingerprint density at radius 3 is 1.74 bits per heavy atom. The smallest absolute Gasteiger partial charge is 0.333 e. The molecule has 0 aliphatic carbocycles. The van der Waals surface area contributed by atoms with Crippen molar-refractivity contribution < 1.29 is 27.4 Å². The van der Waals surface area contributed by atoms with Gasteiger partial charge in [0.15, 0.2) is 18.9 Å². The lowest BCUT2D eigenvalue weighted by Crippen LogP contribution is -2.42. The average molecular weight is 620 g/mol. The molecule has 2 fully saturated rings. The van der Waals surface area contributed by atoms with Crippen LogP contribution in [0.1, 0.15) is 130 Å². The van der Waals surface area contributed by atoms with Gasteiger partial charge in [0.05, 0.1) is 4.90 Å². The first kappa shape index (κ1) is 36.0. The van der Waals surface area contributed by atoms with E-state index in [2.05, 4.69) is 39.5 Å². The molecule has 3 rings (SSSR count). The van der Waals surface area contributed by atoms with Crippen LogP contribution in [0.25, 0.3) is 4.85 Å². The molecule has 0 radical (unpaired) electrons. The second-order valence-electron chi connectivity index (χ2n) is 14.5. The molecule has 3 atom stereocenters. The van der Waals surface area contributed by atoms with E-state index in [1.54, 1.807) is 12.1 Å². The molecule has 3 unspecified atom stereocenters. The second-order valence-corrected chi connectivity index (χ2v) is 16.8. The van der Waals surface area contributed by atoms with Crippen molar-refractivity contribution in [3.05, 3.63) is 41.2 Å². The topological polar surface area (TPSA) is 75.4 Å². The zero-order valence-corrected chi connectivity index (χ0v) is 28.5. The summed E-state index contributed by atoms with van der Waals surface area (Å²) < 4.78 is 52.7. The van der Waals surface area contributed by atoms with Gasteiger partial charge in [0.2, 0.25) is 0 Å². The number of sulfone groups is 1. The summed E-state index contributed by atoms with van der Waals surface area (Å²) in [4.78, 5) is 2.70. The standard InChI is InChI=1S/C35H57NO6S/c1-28-18-20-29(21-19-28)43(37,38)35(36-7,24-12-10-22-33(2,3)4)25-13-11-23-34(5,6)32(41-30-16-8-14-26-39-30)42-31-17-9-15-27-40-31/h18-21,30-32H,8-17,22-27H2,1-6H3. The van der Waals surface area contributed by atoms with E-state index in [1.807, 2.05) is 19.1 Å². The third-order valence-corrected chi connectivity index (χ3v) is 11.3. The molecular weight excluding hydrogens is 562 g/mol. The SMILES string of the molecule is [C-]#[N+]C(CCCCC(C)(C)C)(CCCCC(C)(C)C(OC1CCCCO1)OC1CCCCO1)S(=O)(=O)c1ccc(C)cc1. The van der Waals surface area contributed by atoms with Gasteiger partial charge in [0, 0.05) is 31.5 Å². The predicted octanol–water partition coefficient (Wildman–Crippen LogP) is 8.99. The number of rotatable bonds is 16. The highest BCUT2D eigenvalue weighted by Gasteiger charge is 2.50. The fraction of sp³-hybridized carbons (Fsp3) is 0.800.